The zero-order valence-corrected chi connectivity index (χ0v) is 23.6. The van der Waals surface area contributed by atoms with Gasteiger partial charge in [0.15, 0.2) is 0 Å². The van der Waals surface area contributed by atoms with Gasteiger partial charge in [-0.2, -0.15) is 5.10 Å². The zero-order chi connectivity index (χ0) is 25.8. The molecule has 36 heavy (non-hydrogen) atoms. The molecule has 0 spiro atoms. The number of aromatic nitrogens is 2. The van der Waals surface area contributed by atoms with E-state index in [0.717, 1.165) is 67.3 Å². The summed E-state index contributed by atoms with van der Waals surface area (Å²) in [5.74, 6) is 0.665. The van der Waals surface area contributed by atoms with Crippen molar-refractivity contribution in [2.75, 3.05) is 26.2 Å². The van der Waals surface area contributed by atoms with E-state index in [9.17, 15) is 0 Å². The number of halogens is 3. The summed E-state index contributed by atoms with van der Waals surface area (Å²) in [6.07, 6.45) is 4.32. The molecule has 3 aromatic rings. The van der Waals surface area contributed by atoms with Crippen LogP contribution in [0.25, 0.3) is 16.9 Å². The van der Waals surface area contributed by atoms with Gasteiger partial charge in [-0.15, -0.1) is 6.58 Å². The number of hydrogen-bond donors (Lipinski definition) is 0. The summed E-state index contributed by atoms with van der Waals surface area (Å²) in [6, 6.07) is 14.0. The van der Waals surface area contributed by atoms with E-state index in [-0.39, 0.29) is 0 Å². The van der Waals surface area contributed by atoms with Crippen molar-refractivity contribution in [2.45, 2.75) is 46.2 Å². The Balaban J connectivity index is 1.58. The van der Waals surface area contributed by atoms with Crippen molar-refractivity contribution in [3.8, 4) is 16.9 Å². The molecule has 0 aliphatic carbocycles. The van der Waals surface area contributed by atoms with Crippen molar-refractivity contribution in [3.05, 3.63) is 81.4 Å². The van der Waals surface area contributed by atoms with Gasteiger partial charge in [-0.1, -0.05) is 66.4 Å². The Kier molecular flexibility index (Phi) is 9.19. The summed E-state index contributed by atoms with van der Waals surface area (Å²) in [5.41, 5.74) is 5.09. The average Bonchev–Trinajstić information content (AvgIpc) is 3.18. The fraction of sp³-hybridized carbons (Fsp3) is 0.414. The van der Waals surface area contributed by atoms with E-state index in [2.05, 4.69) is 43.2 Å². The summed E-state index contributed by atoms with van der Waals surface area (Å²) in [7, 11) is 0. The van der Waals surface area contributed by atoms with Crippen LogP contribution in [0.2, 0.25) is 15.1 Å². The molecule has 0 bridgehead atoms. The molecule has 1 aliphatic rings. The van der Waals surface area contributed by atoms with E-state index in [4.69, 9.17) is 39.9 Å². The Morgan fingerprint density at radius 1 is 1.00 bits per heavy atom. The fourth-order valence-corrected chi connectivity index (χ4v) is 5.84. The lowest BCUT2D eigenvalue weighted by Gasteiger charge is -2.40. The topological polar surface area (TPSA) is 24.3 Å². The summed E-state index contributed by atoms with van der Waals surface area (Å²) >= 11 is 19.0. The molecule has 2 atom stereocenters. The molecule has 1 fully saturated rings. The van der Waals surface area contributed by atoms with Crippen LogP contribution in [0.4, 0.5) is 0 Å². The molecule has 2 aromatic carbocycles. The number of nitrogens with zero attached hydrogens (tertiary/aromatic N) is 4. The second kappa shape index (κ2) is 12.1. The van der Waals surface area contributed by atoms with Crippen molar-refractivity contribution in [1.29, 1.82) is 0 Å². The Hall–Kier alpha value is -1.82. The second-order valence-corrected chi connectivity index (χ2v) is 11.0. The minimum atomic E-state index is 0.569. The van der Waals surface area contributed by atoms with Gasteiger partial charge in [0.1, 0.15) is 0 Å². The van der Waals surface area contributed by atoms with Crippen LogP contribution in [0.15, 0.2) is 55.1 Å². The smallest absolute Gasteiger partial charge is 0.0840 e. The molecule has 7 heteroatoms. The maximum Gasteiger partial charge on any atom is 0.0840 e. The summed E-state index contributed by atoms with van der Waals surface area (Å²) in [6.45, 7) is 15.7. The van der Waals surface area contributed by atoms with E-state index >= 15 is 0 Å². The predicted molar refractivity (Wildman–Crippen MR) is 154 cm³/mol. The van der Waals surface area contributed by atoms with Gasteiger partial charge in [-0.3, -0.25) is 9.80 Å². The largest absolute Gasteiger partial charge is 0.298 e. The highest BCUT2D eigenvalue weighted by molar-refractivity contribution is 6.35. The quantitative estimate of drug-likeness (QED) is 0.255. The van der Waals surface area contributed by atoms with Gasteiger partial charge in [0, 0.05) is 54.4 Å². The van der Waals surface area contributed by atoms with Crippen LogP contribution in [-0.2, 0) is 6.54 Å². The van der Waals surface area contributed by atoms with Gasteiger partial charge >= 0.3 is 0 Å². The molecule has 1 aromatic heterocycles. The lowest BCUT2D eigenvalue weighted by Crippen LogP contribution is -2.51. The lowest BCUT2D eigenvalue weighted by molar-refractivity contribution is 0.0722. The first-order valence-corrected chi connectivity index (χ1v) is 13.8. The lowest BCUT2D eigenvalue weighted by atomic mass is 9.93. The SMILES string of the molecule is C=CCC(CC)C(C)N1CCN(Cc2nn(-c3ccc(Cl)cc3Cl)c(-c3ccc(Cl)cc3)c2C)CC1. The monoisotopic (exact) mass is 544 g/mol. The fourth-order valence-electron chi connectivity index (χ4n) is 5.22. The van der Waals surface area contributed by atoms with Crippen LogP contribution in [0.5, 0.6) is 0 Å². The molecule has 0 radical (unpaired) electrons. The summed E-state index contributed by atoms with van der Waals surface area (Å²) in [5, 5.41) is 6.95. The average molecular weight is 546 g/mol. The van der Waals surface area contributed by atoms with Gasteiger partial charge in [-0.25, -0.2) is 4.68 Å². The van der Waals surface area contributed by atoms with E-state index < -0.39 is 0 Å². The molecule has 192 valence electrons. The number of benzene rings is 2. The molecular formula is C29H35Cl3N4. The molecule has 0 amide bonds. The Morgan fingerprint density at radius 2 is 1.67 bits per heavy atom. The van der Waals surface area contributed by atoms with Crippen molar-refractivity contribution in [2.24, 2.45) is 5.92 Å². The first kappa shape index (κ1) is 27.2. The molecular weight excluding hydrogens is 511 g/mol. The summed E-state index contributed by atoms with van der Waals surface area (Å²) < 4.78 is 1.95. The Bertz CT molecular complexity index is 1180. The van der Waals surface area contributed by atoms with Crippen molar-refractivity contribution in [1.82, 2.24) is 19.6 Å². The van der Waals surface area contributed by atoms with E-state index in [0.29, 0.717) is 27.0 Å². The Morgan fingerprint density at radius 3 is 2.28 bits per heavy atom. The zero-order valence-electron chi connectivity index (χ0n) is 21.4. The minimum absolute atomic E-state index is 0.569. The summed E-state index contributed by atoms with van der Waals surface area (Å²) in [4.78, 5) is 5.14. The van der Waals surface area contributed by atoms with Crippen molar-refractivity contribution in [3.63, 3.8) is 0 Å². The van der Waals surface area contributed by atoms with Crippen molar-refractivity contribution >= 4 is 34.8 Å². The first-order chi connectivity index (χ1) is 17.3. The van der Waals surface area contributed by atoms with E-state index in [1.807, 2.05) is 41.1 Å². The Labute approximate surface area is 230 Å². The van der Waals surface area contributed by atoms with E-state index in [1.165, 1.54) is 6.42 Å². The molecule has 1 aliphatic heterocycles. The van der Waals surface area contributed by atoms with Gasteiger partial charge in [0.25, 0.3) is 0 Å². The normalized spacial score (nSPS) is 16.7. The maximum atomic E-state index is 6.62. The standard InChI is InChI=1S/C29H35Cl3N4/c1-5-7-22(6-2)21(4)35-16-14-34(15-17-35)19-27-20(3)29(23-8-10-24(30)11-9-23)36(33-27)28-13-12-25(31)18-26(28)32/h5,8-13,18,21-22H,1,6-7,14-17,19H2,2-4H3. The number of hydrogen-bond acceptors (Lipinski definition) is 3. The van der Waals surface area contributed by atoms with Crippen LogP contribution in [-0.4, -0.2) is 51.8 Å². The van der Waals surface area contributed by atoms with Crippen LogP contribution < -0.4 is 0 Å². The molecule has 1 saturated heterocycles. The van der Waals surface area contributed by atoms with Gasteiger partial charge in [0.05, 0.1) is 22.1 Å². The molecule has 0 N–H and O–H groups in total. The highest BCUT2D eigenvalue weighted by atomic mass is 35.5. The molecule has 2 unspecified atom stereocenters. The first-order valence-electron chi connectivity index (χ1n) is 12.7. The number of allylic oxidation sites excluding steroid dienone is 1. The maximum absolute atomic E-state index is 6.62. The van der Waals surface area contributed by atoms with E-state index in [1.54, 1.807) is 6.07 Å². The number of piperazine rings is 1. The molecule has 2 heterocycles. The highest BCUT2D eigenvalue weighted by Gasteiger charge is 2.27. The number of rotatable bonds is 9. The van der Waals surface area contributed by atoms with Gasteiger partial charge < -0.3 is 0 Å². The van der Waals surface area contributed by atoms with Crippen molar-refractivity contribution < 1.29 is 0 Å². The van der Waals surface area contributed by atoms with Crippen LogP contribution in [0.3, 0.4) is 0 Å². The molecule has 0 saturated carbocycles. The van der Waals surface area contributed by atoms with Gasteiger partial charge in [0.2, 0.25) is 0 Å². The van der Waals surface area contributed by atoms with Crippen LogP contribution >= 0.6 is 34.8 Å². The molecule has 4 rings (SSSR count). The van der Waals surface area contributed by atoms with Gasteiger partial charge in [-0.05, 0) is 62.1 Å². The van der Waals surface area contributed by atoms with Crippen LogP contribution in [0, 0.1) is 12.8 Å². The third kappa shape index (κ3) is 6.00. The third-order valence-corrected chi connectivity index (χ3v) is 8.30. The van der Waals surface area contributed by atoms with Crippen LogP contribution in [0.1, 0.15) is 37.9 Å². The third-order valence-electron chi connectivity index (χ3n) is 7.51. The highest BCUT2D eigenvalue weighted by Crippen LogP contribution is 2.33. The molecule has 4 nitrogen and oxygen atoms in total. The minimum Gasteiger partial charge on any atom is -0.298 e. The second-order valence-electron chi connectivity index (χ2n) is 9.68. The predicted octanol–water partition coefficient (Wildman–Crippen LogP) is 7.92.